The highest BCUT2D eigenvalue weighted by molar-refractivity contribution is 5.92. The highest BCUT2D eigenvalue weighted by Gasteiger charge is 2.44. The topological polar surface area (TPSA) is 55.2 Å². The van der Waals surface area contributed by atoms with Crippen molar-refractivity contribution in [2.24, 2.45) is 7.05 Å². The number of benzene rings is 1. The van der Waals surface area contributed by atoms with E-state index >= 15 is 0 Å². The fourth-order valence-electron chi connectivity index (χ4n) is 4.45. The maximum atomic E-state index is 13.6. The number of fused-ring (bicyclic) bond motifs is 2. The van der Waals surface area contributed by atoms with Crippen LogP contribution in [0.5, 0.6) is 0 Å². The van der Waals surface area contributed by atoms with Gasteiger partial charge in [0, 0.05) is 25.2 Å². The fourth-order valence-corrected chi connectivity index (χ4v) is 4.45. The van der Waals surface area contributed by atoms with Gasteiger partial charge in [0.25, 0.3) is 11.5 Å². The molecule has 2 fully saturated rings. The van der Waals surface area contributed by atoms with Gasteiger partial charge in [0.1, 0.15) is 11.5 Å². The summed E-state index contributed by atoms with van der Waals surface area (Å²) >= 11 is 0. The summed E-state index contributed by atoms with van der Waals surface area (Å²) in [5, 5.41) is 4.11. The van der Waals surface area contributed by atoms with E-state index in [1.807, 2.05) is 17.0 Å². The van der Waals surface area contributed by atoms with Crippen LogP contribution in [0.3, 0.4) is 0 Å². The molecule has 0 radical (unpaired) electrons. The number of carbonyl (C=O) groups excluding carboxylic acids is 1. The number of rotatable bonds is 2. The van der Waals surface area contributed by atoms with Crippen LogP contribution < -0.4 is 5.56 Å². The largest absolute Gasteiger partial charge is 0.331 e. The molecule has 4 rings (SSSR count). The minimum absolute atomic E-state index is 0.0955. The Bertz CT molecular complexity index is 910. The van der Waals surface area contributed by atoms with E-state index in [4.69, 9.17) is 0 Å². The average Bonchev–Trinajstić information content (AvgIpc) is 2.88. The summed E-state index contributed by atoms with van der Waals surface area (Å²) in [5.41, 5.74) is 1.92. The molecule has 26 heavy (non-hydrogen) atoms. The second-order valence-electron chi connectivity index (χ2n) is 7.45. The second-order valence-corrected chi connectivity index (χ2v) is 7.45. The summed E-state index contributed by atoms with van der Waals surface area (Å²) in [6.07, 6.45) is 3.75. The number of nitrogens with zero attached hydrogens (tertiary/aromatic N) is 3. The van der Waals surface area contributed by atoms with E-state index in [2.05, 4.69) is 5.10 Å². The summed E-state index contributed by atoms with van der Waals surface area (Å²) in [6.45, 7) is 1.79. The lowest BCUT2D eigenvalue weighted by atomic mass is 9.84. The molecule has 0 N–H and O–H groups in total. The first-order valence-electron chi connectivity index (χ1n) is 9.07. The van der Waals surface area contributed by atoms with Crippen LogP contribution in [-0.2, 0) is 7.05 Å². The fraction of sp³-hybridized carbons (Fsp3) is 0.450. The Hall–Kier alpha value is -2.50. The SMILES string of the molecule is Cc1cc(C2C[C@H]3CC[C@@H](C2)N3C(=O)c2ccc(=O)n(C)n2)ccc1F. The first-order valence-corrected chi connectivity index (χ1v) is 9.07. The zero-order valence-electron chi connectivity index (χ0n) is 15.0. The van der Waals surface area contributed by atoms with Crippen molar-refractivity contribution in [2.75, 3.05) is 0 Å². The third-order valence-corrected chi connectivity index (χ3v) is 5.80. The number of carbonyl (C=O) groups is 1. The van der Waals surface area contributed by atoms with E-state index in [0.717, 1.165) is 31.2 Å². The van der Waals surface area contributed by atoms with Crippen LogP contribution in [0.15, 0.2) is 35.1 Å². The van der Waals surface area contributed by atoms with Crippen molar-refractivity contribution in [3.63, 3.8) is 0 Å². The molecule has 3 atom stereocenters. The maximum Gasteiger partial charge on any atom is 0.274 e. The Morgan fingerprint density at radius 2 is 1.85 bits per heavy atom. The van der Waals surface area contributed by atoms with Crippen molar-refractivity contribution in [3.8, 4) is 0 Å². The predicted molar refractivity (Wildman–Crippen MR) is 95.6 cm³/mol. The summed E-state index contributed by atoms with van der Waals surface area (Å²) < 4.78 is 14.8. The molecule has 2 bridgehead atoms. The minimum Gasteiger partial charge on any atom is -0.331 e. The van der Waals surface area contributed by atoms with Gasteiger partial charge in [0.2, 0.25) is 0 Å². The molecule has 1 aromatic heterocycles. The van der Waals surface area contributed by atoms with E-state index in [-0.39, 0.29) is 29.4 Å². The van der Waals surface area contributed by atoms with Crippen LogP contribution in [0.1, 0.15) is 53.2 Å². The van der Waals surface area contributed by atoms with E-state index in [1.165, 1.54) is 16.8 Å². The maximum absolute atomic E-state index is 13.6. The molecule has 2 aromatic rings. The van der Waals surface area contributed by atoms with Crippen LogP contribution in [-0.4, -0.2) is 32.7 Å². The summed E-state index contributed by atoms with van der Waals surface area (Å²) in [4.78, 5) is 26.4. The summed E-state index contributed by atoms with van der Waals surface area (Å²) in [7, 11) is 1.55. The zero-order chi connectivity index (χ0) is 18.4. The van der Waals surface area contributed by atoms with Crippen molar-refractivity contribution >= 4 is 5.91 Å². The van der Waals surface area contributed by atoms with Gasteiger partial charge in [-0.1, -0.05) is 12.1 Å². The minimum atomic E-state index is -0.227. The van der Waals surface area contributed by atoms with Crippen molar-refractivity contribution in [3.05, 3.63) is 63.3 Å². The molecule has 1 unspecified atom stereocenters. The van der Waals surface area contributed by atoms with Crippen LogP contribution in [0.2, 0.25) is 0 Å². The molecule has 2 aliphatic heterocycles. The third kappa shape index (κ3) is 2.83. The lowest BCUT2D eigenvalue weighted by molar-refractivity contribution is 0.0562. The lowest BCUT2D eigenvalue weighted by Gasteiger charge is -2.39. The molecule has 6 heteroatoms. The highest BCUT2D eigenvalue weighted by Crippen LogP contribution is 2.43. The predicted octanol–water partition coefficient (Wildman–Crippen LogP) is 2.78. The number of halogens is 1. The normalized spacial score (nSPS) is 24.7. The van der Waals surface area contributed by atoms with Gasteiger partial charge in [0.15, 0.2) is 0 Å². The van der Waals surface area contributed by atoms with Gasteiger partial charge in [-0.25, -0.2) is 9.07 Å². The molecule has 0 spiro atoms. The second kappa shape index (κ2) is 6.34. The van der Waals surface area contributed by atoms with Crippen LogP contribution >= 0.6 is 0 Å². The Kier molecular flexibility index (Phi) is 4.13. The first-order chi connectivity index (χ1) is 12.4. The molecule has 0 saturated carbocycles. The third-order valence-electron chi connectivity index (χ3n) is 5.80. The van der Waals surface area contributed by atoms with Crippen LogP contribution in [0.4, 0.5) is 4.39 Å². The van der Waals surface area contributed by atoms with Gasteiger partial charge in [0.05, 0.1) is 0 Å². The van der Waals surface area contributed by atoms with Crippen LogP contribution in [0, 0.1) is 12.7 Å². The van der Waals surface area contributed by atoms with Gasteiger partial charge in [-0.05, 0) is 61.8 Å². The van der Waals surface area contributed by atoms with Crippen molar-refractivity contribution in [1.29, 1.82) is 0 Å². The molecule has 2 saturated heterocycles. The van der Waals surface area contributed by atoms with Gasteiger partial charge in [-0.3, -0.25) is 9.59 Å². The smallest absolute Gasteiger partial charge is 0.274 e. The van der Waals surface area contributed by atoms with Gasteiger partial charge >= 0.3 is 0 Å². The monoisotopic (exact) mass is 355 g/mol. The summed E-state index contributed by atoms with van der Waals surface area (Å²) in [6, 6.07) is 8.60. The summed E-state index contributed by atoms with van der Waals surface area (Å²) in [5.74, 6) is 0.0795. The first kappa shape index (κ1) is 16.9. The number of hydrogen-bond donors (Lipinski definition) is 0. The molecule has 3 heterocycles. The Labute approximate surface area is 151 Å². The van der Waals surface area contributed by atoms with E-state index in [9.17, 15) is 14.0 Å². The van der Waals surface area contributed by atoms with Crippen LogP contribution in [0.25, 0.3) is 0 Å². The average molecular weight is 355 g/mol. The molecule has 1 amide bonds. The molecule has 2 aliphatic rings. The zero-order valence-corrected chi connectivity index (χ0v) is 15.0. The molecular formula is C20H22FN3O2. The number of aromatic nitrogens is 2. The Balaban J connectivity index is 1.56. The van der Waals surface area contributed by atoms with E-state index in [1.54, 1.807) is 20.0 Å². The van der Waals surface area contributed by atoms with Crippen molar-refractivity contribution < 1.29 is 9.18 Å². The van der Waals surface area contributed by atoms with E-state index < -0.39 is 0 Å². The highest BCUT2D eigenvalue weighted by atomic mass is 19.1. The molecule has 1 aromatic carbocycles. The van der Waals surface area contributed by atoms with E-state index in [0.29, 0.717) is 17.2 Å². The molecular weight excluding hydrogens is 333 g/mol. The van der Waals surface area contributed by atoms with Crippen molar-refractivity contribution in [1.82, 2.24) is 14.7 Å². The standard InChI is InChI=1S/C20H22FN3O2/c1-12-9-13(3-6-17(12)21)14-10-15-4-5-16(11-14)24(15)20(26)18-7-8-19(25)23(2)22-18/h3,6-9,14-16H,4-5,10-11H2,1-2H3/t14?,15-,16+. The lowest BCUT2D eigenvalue weighted by Crippen LogP contribution is -2.46. The molecule has 0 aliphatic carbocycles. The quantitative estimate of drug-likeness (QED) is 0.832. The molecule has 136 valence electrons. The van der Waals surface area contributed by atoms with Gasteiger partial charge < -0.3 is 4.90 Å². The number of amides is 1. The van der Waals surface area contributed by atoms with Gasteiger partial charge in [-0.15, -0.1) is 0 Å². The number of piperidine rings is 1. The van der Waals surface area contributed by atoms with Crippen molar-refractivity contribution in [2.45, 2.75) is 50.6 Å². The van der Waals surface area contributed by atoms with Gasteiger partial charge in [-0.2, -0.15) is 5.10 Å². The number of hydrogen-bond acceptors (Lipinski definition) is 3. The number of aryl methyl sites for hydroxylation is 2. The Morgan fingerprint density at radius 1 is 1.15 bits per heavy atom. The molecule has 5 nitrogen and oxygen atoms in total. The Morgan fingerprint density at radius 3 is 2.46 bits per heavy atom.